The summed E-state index contributed by atoms with van der Waals surface area (Å²) in [5.74, 6) is 0.139. The molecule has 0 radical (unpaired) electrons. The van der Waals surface area contributed by atoms with Crippen molar-refractivity contribution in [3.63, 3.8) is 0 Å². The second-order valence-electron chi connectivity index (χ2n) is 11.0. The van der Waals surface area contributed by atoms with E-state index in [9.17, 15) is 9.59 Å². The predicted octanol–water partition coefficient (Wildman–Crippen LogP) is 5.14. The fraction of sp³-hybridized carbons (Fsp3) is 0.533. The van der Waals surface area contributed by atoms with Crippen molar-refractivity contribution in [1.82, 2.24) is 20.4 Å². The molecule has 6 rings (SSSR count). The molecular formula is C30H38N4O2. The van der Waals surface area contributed by atoms with Crippen molar-refractivity contribution >= 4 is 11.8 Å². The molecule has 2 heterocycles. The minimum atomic E-state index is -0.123. The van der Waals surface area contributed by atoms with Crippen LogP contribution in [0.4, 0.5) is 0 Å². The van der Waals surface area contributed by atoms with Crippen LogP contribution in [0.2, 0.25) is 0 Å². The Balaban J connectivity index is 1.22. The molecular weight excluding hydrogens is 448 g/mol. The number of carbonyl (C=O) groups excluding carboxylic acids is 2. The standard InChI is InChI=1S/C30H38N4O2/c35-29-25-17-9-7-15-23(25)27(31-21-11-3-1-4-12-21)33(29)19-20-34-28(32-22-13-5-2-6-14-22)24-16-8-10-18-26(24)30(34)36/h7-10,15-18,21-22,27-28,31-32H,1-6,11-14,19-20H2/t27-,28+. The maximum absolute atomic E-state index is 13.5. The lowest BCUT2D eigenvalue weighted by Gasteiger charge is -2.35. The van der Waals surface area contributed by atoms with Crippen LogP contribution < -0.4 is 10.6 Å². The Morgan fingerprint density at radius 3 is 1.39 bits per heavy atom. The van der Waals surface area contributed by atoms with E-state index in [0.29, 0.717) is 25.2 Å². The highest BCUT2D eigenvalue weighted by Crippen LogP contribution is 2.36. The zero-order valence-corrected chi connectivity index (χ0v) is 21.1. The molecule has 2 saturated carbocycles. The van der Waals surface area contributed by atoms with Gasteiger partial charge in [0.25, 0.3) is 11.8 Å². The van der Waals surface area contributed by atoms with Gasteiger partial charge >= 0.3 is 0 Å². The monoisotopic (exact) mass is 486 g/mol. The normalized spacial score (nSPS) is 24.9. The number of nitrogens with one attached hydrogen (secondary N) is 2. The first-order valence-electron chi connectivity index (χ1n) is 14.0. The summed E-state index contributed by atoms with van der Waals surface area (Å²) in [7, 11) is 0. The Morgan fingerprint density at radius 2 is 0.972 bits per heavy atom. The van der Waals surface area contributed by atoms with Crippen LogP contribution >= 0.6 is 0 Å². The Hall–Kier alpha value is -2.70. The van der Waals surface area contributed by atoms with Gasteiger partial charge in [-0.15, -0.1) is 0 Å². The number of rotatable bonds is 7. The molecule has 2 aromatic rings. The lowest BCUT2D eigenvalue weighted by Crippen LogP contribution is -2.48. The number of amides is 2. The van der Waals surface area contributed by atoms with E-state index in [0.717, 1.165) is 47.9 Å². The van der Waals surface area contributed by atoms with Crippen LogP contribution in [0.5, 0.6) is 0 Å². The van der Waals surface area contributed by atoms with Crippen LogP contribution in [0.1, 0.15) is 108 Å². The molecule has 6 heteroatoms. The van der Waals surface area contributed by atoms with Gasteiger partial charge in [0.15, 0.2) is 0 Å². The van der Waals surface area contributed by atoms with Crippen molar-refractivity contribution in [3.05, 3.63) is 70.8 Å². The van der Waals surface area contributed by atoms with Gasteiger partial charge in [-0.2, -0.15) is 0 Å². The topological polar surface area (TPSA) is 64.7 Å². The van der Waals surface area contributed by atoms with Gasteiger partial charge in [-0.1, -0.05) is 74.9 Å². The number of hydrogen-bond donors (Lipinski definition) is 2. The molecule has 2 aliphatic heterocycles. The summed E-state index contributed by atoms with van der Waals surface area (Å²) in [6.45, 7) is 1.03. The zero-order chi connectivity index (χ0) is 24.5. The molecule has 0 aromatic heterocycles. The average Bonchev–Trinajstić information content (AvgIpc) is 3.34. The van der Waals surface area contributed by atoms with Crippen LogP contribution in [-0.4, -0.2) is 46.8 Å². The largest absolute Gasteiger partial charge is 0.317 e. The smallest absolute Gasteiger partial charge is 0.255 e. The van der Waals surface area contributed by atoms with Gasteiger partial charge in [0.2, 0.25) is 0 Å². The van der Waals surface area contributed by atoms with Gasteiger partial charge in [-0.3, -0.25) is 20.2 Å². The zero-order valence-electron chi connectivity index (χ0n) is 21.1. The van der Waals surface area contributed by atoms with E-state index in [2.05, 4.69) is 22.8 Å². The van der Waals surface area contributed by atoms with E-state index in [1.54, 1.807) is 0 Å². The number of benzene rings is 2. The third kappa shape index (κ3) is 4.46. The minimum Gasteiger partial charge on any atom is -0.317 e. The predicted molar refractivity (Wildman–Crippen MR) is 140 cm³/mol. The summed E-state index contributed by atoms with van der Waals surface area (Å²) in [4.78, 5) is 31.0. The Bertz CT molecular complexity index is 1020. The lowest BCUT2D eigenvalue weighted by molar-refractivity contribution is 0.0533. The van der Waals surface area contributed by atoms with Gasteiger partial charge in [-0.05, 0) is 37.8 Å². The van der Waals surface area contributed by atoms with E-state index >= 15 is 0 Å². The highest BCUT2D eigenvalue weighted by atomic mass is 16.2. The Morgan fingerprint density at radius 1 is 0.583 bits per heavy atom. The second kappa shape index (κ2) is 10.3. The van der Waals surface area contributed by atoms with Gasteiger partial charge in [0, 0.05) is 47.4 Å². The molecule has 0 saturated heterocycles. The number of fused-ring (bicyclic) bond motifs is 2. The van der Waals surface area contributed by atoms with Gasteiger partial charge < -0.3 is 9.80 Å². The summed E-state index contributed by atoms with van der Waals surface area (Å²) >= 11 is 0. The first kappa shape index (κ1) is 23.7. The first-order valence-corrected chi connectivity index (χ1v) is 14.0. The van der Waals surface area contributed by atoms with Gasteiger partial charge in [0.1, 0.15) is 12.3 Å². The quantitative estimate of drug-likeness (QED) is 0.569. The summed E-state index contributed by atoms with van der Waals surface area (Å²) in [5, 5.41) is 7.64. The van der Waals surface area contributed by atoms with Crippen LogP contribution in [0, 0.1) is 0 Å². The molecule has 36 heavy (non-hydrogen) atoms. The Labute approximate surface area is 214 Å². The van der Waals surface area contributed by atoms with Crippen LogP contribution in [0.25, 0.3) is 0 Å². The van der Waals surface area contributed by atoms with Crippen molar-refractivity contribution in [2.45, 2.75) is 88.6 Å². The third-order valence-electron chi connectivity index (χ3n) is 8.70. The minimum absolute atomic E-state index is 0.0693. The fourth-order valence-electron chi connectivity index (χ4n) is 6.76. The van der Waals surface area contributed by atoms with Crippen molar-refractivity contribution in [1.29, 1.82) is 0 Å². The summed E-state index contributed by atoms with van der Waals surface area (Å²) in [6, 6.07) is 16.9. The van der Waals surface area contributed by atoms with Crippen LogP contribution in [0.3, 0.4) is 0 Å². The maximum Gasteiger partial charge on any atom is 0.255 e. The molecule has 0 bridgehead atoms. The van der Waals surface area contributed by atoms with Crippen molar-refractivity contribution < 1.29 is 9.59 Å². The van der Waals surface area contributed by atoms with Crippen molar-refractivity contribution in [2.24, 2.45) is 0 Å². The average molecular weight is 487 g/mol. The number of nitrogens with zero attached hydrogens (tertiary/aromatic N) is 2. The molecule has 2 N–H and O–H groups in total. The maximum atomic E-state index is 13.5. The highest BCUT2D eigenvalue weighted by molar-refractivity contribution is 6.00. The van der Waals surface area contributed by atoms with E-state index in [1.807, 2.05) is 46.2 Å². The van der Waals surface area contributed by atoms with E-state index in [1.165, 1.54) is 38.5 Å². The number of hydrogen-bond acceptors (Lipinski definition) is 4. The molecule has 2 amide bonds. The summed E-state index contributed by atoms with van der Waals surface area (Å²) in [5.41, 5.74) is 3.72. The highest BCUT2D eigenvalue weighted by Gasteiger charge is 2.41. The molecule has 2 atom stereocenters. The molecule has 0 spiro atoms. The third-order valence-corrected chi connectivity index (χ3v) is 8.70. The fourth-order valence-corrected chi connectivity index (χ4v) is 6.76. The number of carbonyl (C=O) groups is 2. The van der Waals surface area contributed by atoms with E-state index < -0.39 is 0 Å². The van der Waals surface area contributed by atoms with E-state index in [-0.39, 0.29) is 24.1 Å². The molecule has 6 nitrogen and oxygen atoms in total. The van der Waals surface area contributed by atoms with Gasteiger partial charge in [0.05, 0.1) is 0 Å². The summed E-state index contributed by atoms with van der Waals surface area (Å²) in [6.07, 6.45) is 12.0. The van der Waals surface area contributed by atoms with Crippen molar-refractivity contribution in [2.75, 3.05) is 13.1 Å². The lowest BCUT2D eigenvalue weighted by atomic mass is 9.95. The summed E-state index contributed by atoms with van der Waals surface area (Å²) < 4.78 is 0. The molecule has 4 aliphatic rings. The SMILES string of the molecule is O=C1c2ccccc2[C@@H](NC2CCCCC2)N1CCN1C(=O)c2ccccc2[C@@H]1NC1CCCCC1. The molecule has 190 valence electrons. The van der Waals surface area contributed by atoms with Crippen LogP contribution in [-0.2, 0) is 0 Å². The van der Waals surface area contributed by atoms with E-state index in [4.69, 9.17) is 0 Å². The molecule has 0 unspecified atom stereocenters. The molecule has 2 aromatic carbocycles. The molecule has 2 aliphatic carbocycles. The van der Waals surface area contributed by atoms with Crippen molar-refractivity contribution in [3.8, 4) is 0 Å². The van der Waals surface area contributed by atoms with Crippen LogP contribution in [0.15, 0.2) is 48.5 Å². The first-order chi connectivity index (χ1) is 17.7. The molecule has 2 fully saturated rings. The van der Waals surface area contributed by atoms with Gasteiger partial charge in [-0.25, -0.2) is 0 Å². The Kier molecular flexibility index (Phi) is 6.81. The second-order valence-corrected chi connectivity index (χ2v) is 11.0.